The number of carboxylic acids is 1. The summed E-state index contributed by atoms with van der Waals surface area (Å²) < 4.78 is 10.5. The molecular weight excluding hydrogens is 450 g/mol. The number of nitrogens with one attached hydrogen (secondary N) is 2. The van der Waals surface area contributed by atoms with Gasteiger partial charge in [-0.15, -0.1) is 0 Å². The Morgan fingerprint density at radius 1 is 1.03 bits per heavy atom. The lowest BCUT2D eigenvalue weighted by Crippen LogP contribution is -2.36. The van der Waals surface area contributed by atoms with Gasteiger partial charge in [0.05, 0.1) is 18.5 Å². The molecule has 35 heavy (non-hydrogen) atoms. The van der Waals surface area contributed by atoms with E-state index in [4.69, 9.17) is 14.4 Å². The van der Waals surface area contributed by atoms with Gasteiger partial charge in [0.25, 0.3) is 0 Å². The van der Waals surface area contributed by atoms with Crippen LogP contribution in [0.25, 0.3) is 11.1 Å². The lowest BCUT2D eigenvalue weighted by atomic mass is 9.98. The number of amides is 2. The van der Waals surface area contributed by atoms with Gasteiger partial charge in [0.15, 0.2) is 11.5 Å². The first-order valence-electron chi connectivity index (χ1n) is 11.3. The molecule has 1 heterocycles. The molecule has 0 saturated heterocycles. The predicted octanol–water partition coefficient (Wildman–Crippen LogP) is 3.47. The molecule has 0 saturated carbocycles. The second-order valence-electron chi connectivity index (χ2n) is 8.50. The molecule has 5 rings (SSSR count). The standard InChI is InChI=1S/C26H23N3O6/c30-24(27-13-17-12-23(25(31)32)29-35-17)15-9-10-16(11-15)28-26(33)34-14-22-20-7-3-1-5-18(20)19-6-2-4-8-21(19)22/h1-10,12,15-16,22H,11,13-14H2,(H,27,30)(H,28,33)(H,31,32). The molecule has 0 spiro atoms. The minimum Gasteiger partial charge on any atom is -0.476 e. The summed E-state index contributed by atoms with van der Waals surface area (Å²) in [4.78, 5) is 35.8. The highest BCUT2D eigenvalue weighted by Crippen LogP contribution is 2.44. The molecule has 0 fully saturated rings. The molecule has 3 aromatic rings. The van der Waals surface area contributed by atoms with Crippen molar-refractivity contribution < 1.29 is 28.8 Å². The molecule has 1 aromatic heterocycles. The van der Waals surface area contributed by atoms with Gasteiger partial charge in [0, 0.05) is 12.0 Å². The molecule has 9 nitrogen and oxygen atoms in total. The molecule has 178 valence electrons. The second-order valence-corrected chi connectivity index (χ2v) is 8.50. The number of rotatable bonds is 7. The van der Waals surface area contributed by atoms with E-state index in [1.54, 1.807) is 12.2 Å². The molecule has 2 aliphatic carbocycles. The molecule has 2 unspecified atom stereocenters. The van der Waals surface area contributed by atoms with Gasteiger partial charge in [-0.1, -0.05) is 65.8 Å². The Hall–Kier alpha value is -4.40. The van der Waals surface area contributed by atoms with E-state index in [1.807, 2.05) is 24.3 Å². The molecule has 0 bridgehead atoms. The molecule has 2 aliphatic rings. The SMILES string of the molecule is O=C(NC1C=CC(C(=O)NCc2cc(C(=O)O)no2)C1)OCC1c2ccccc2-c2ccccc21. The number of nitrogens with zero attached hydrogens (tertiary/aromatic N) is 1. The van der Waals surface area contributed by atoms with Crippen LogP contribution in [0.3, 0.4) is 0 Å². The monoisotopic (exact) mass is 473 g/mol. The normalized spacial score (nSPS) is 18.1. The van der Waals surface area contributed by atoms with Crippen molar-refractivity contribution in [2.24, 2.45) is 5.92 Å². The van der Waals surface area contributed by atoms with Gasteiger partial charge in [0.1, 0.15) is 6.61 Å². The maximum absolute atomic E-state index is 12.5. The molecular formula is C26H23N3O6. The topological polar surface area (TPSA) is 131 Å². The zero-order chi connectivity index (χ0) is 24.4. The zero-order valence-electron chi connectivity index (χ0n) is 18.6. The predicted molar refractivity (Wildman–Crippen MR) is 125 cm³/mol. The first-order chi connectivity index (χ1) is 17.0. The minimum absolute atomic E-state index is 0.0218. The summed E-state index contributed by atoms with van der Waals surface area (Å²) in [5, 5.41) is 17.8. The number of carbonyl (C=O) groups excluding carboxylic acids is 2. The third kappa shape index (κ3) is 4.65. The van der Waals surface area contributed by atoms with Crippen molar-refractivity contribution in [2.75, 3.05) is 6.61 Å². The van der Waals surface area contributed by atoms with Crippen LogP contribution < -0.4 is 10.6 Å². The molecule has 2 amide bonds. The van der Waals surface area contributed by atoms with Crippen LogP contribution in [0.15, 0.2) is 71.3 Å². The largest absolute Gasteiger partial charge is 0.476 e. The van der Waals surface area contributed by atoms with Gasteiger partial charge >= 0.3 is 12.1 Å². The molecule has 2 aromatic carbocycles. The van der Waals surface area contributed by atoms with E-state index in [9.17, 15) is 14.4 Å². The van der Waals surface area contributed by atoms with Crippen molar-refractivity contribution in [3.63, 3.8) is 0 Å². The average molecular weight is 473 g/mol. The van der Waals surface area contributed by atoms with Crippen LogP contribution in [0.1, 0.15) is 39.7 Å². The van der Waals surface area contributed by atoms with E-state index in [0.29, 0.717) is 6.42 Å². The van der Waals surface area contributed by atoms with Crippen LogP contribution in [-0.2, 0) is 16.1 Å². The average Bonchev–Trinajstić information content (AvgIpc) is 3.59. The van der Waals surface area contributed by atoms with Crippen LogP contribution >= 0.6 is 0 Å². The Labute approximate surface area is 200 Å². The van der Waals surface area contributed by atoms with Crippen molar-refractivity contribution in [2.45, 2.75) is 24.9 Å². The third-order valence-corrected chi connectivity index (χ3v) is 6.28. The molecule has 2 atom stereocenters. The number of carboxylic acid groups (broad SMARTS) is 1. The number of benzene rings is 2. The lowest BCUT2D eigenvalue weighted by Gasteiger charge is -2.17. The van der Waals surface area contributed by atoms with Crippen LogP contribution in [0.4, 0.5) is 4.79 Å². The number of ether oxygens (including phenoxy) is 1. The Morgan fingerprint density at radius 3 is 2.37 bits per heavy atom. The summed E-state index contributed by atoms with van der Waals surface area (Å²) in [5.74, 6) is -1.68. The first-order valence-corrected chi connectivity index (χ1v) is 11.3. The van der Waals surface area contributed by atoms with Gasteiger partial charge in [-0.3, -0.25) is 4.79 Å². The van der Waals surface area contributed by atoms with Crippen LogP contribution in [0, 0.1) is 5.92 Å². The Balaban J connectivity index is 1.10. The van der Waals surface area contributed by atoms with Gasteiger partial charge < -0.3 is 25.0 Å². The highest BCUT2D eigenvalue weighted by atomic mass is 16.5. The van der Waals surface area contributed by atoms with E-state index in [0.717, 1.165) is 22.3 Å². The highest BCUT2D eigenvalue weighted by molar-refractivity contribution is 5.85. The van der Waals surface area contributed by atoms with Crippen LogP contribution in [0.5, 0.6) is 0 Å². The van der Waals surface area contributed by atoms with Crippen molar-refractivity contribution in [3.05, 3.63) is 89.3 Å². The molecule has 3 N–H and O–H groups in total. The van der Waals surface area contributed by atoms with Gasteiger partial charge in [-0.2, -0.15) is 0 Å². The van der Waals surface area contributed by atoms with Crippen molar-refractivity contribution in [1.82, 2.24) is 15.8 Å². The number of alkyl carbamates (subject to hydrolysis) is 1. The van der Waals surface area contributed by atoms with Crippen molar-refractivity contribution in [3.8, 4) is 11.1 Å². The quantitative estimate of drug-likeness (QED) is 0.448. The number of hydrogen-bond acceptors (Lipinski definition) is 6. The number of carbonyl (C=O) groups is 3. The third-order valence-electron chi connectivity index (χ3n) is 6.28. The maximum Gasteiger partial charge on any atom is 0.407 e. The lowest BCUT2D eigenvalue weighted by molar-refractivity contribution is -0.123. The minimum atomic E-state index is -1.20. The van der Waals surface area contributed by atoms with Crippen LogP contribution in [0.2, 0.25) is 0 Å². The summed E-state index contributed by atoms with van der Waals surface area (Å²) in [6.45, 7) is 0.240. The summed E-state index contributed by atoms with van der Waals surface area (Å²) in [6.07, 6.45) is 3.35. The number of fused-ring (bicyclic) bond motifs is 3. The Bertz CT molecular complexity index is 1270. The van der Waals surface area contributed by atoms with E-state index >= 15 is 0 Å². The van der Waals surface area contributed by atoms with E-state index in [-0.39, 0.29) is 42.5 Å². The van der Waals surface area contributed by atoms with Crippen molar-refractivity contribution in [1.29, 1.82) is 0 Å². The summed E-state index contributed by atoms with van der Waals surface area (Å²) in [5.41, 5.74) is 4.38. The number of hydrogen-bond donors (Lipinski definition) is 3. The zero-order valence-corrected chi connectivity index (χ0v) is 18.6. The van der Waals surface area contributed by atoms with Crippen molar-refractivity contribution >= 4 is 18.0 Å². The highest BCUT2D eigenvalue weighted by Gasteiger charge is 2.30. The summed E-state index contributed by atoms with van der Waals surface area (Å²) >= 11 is 0. The summed E-state index contributed by atoms with van der Waals surface area (Å²) in [7, 11) is 0. The van der Waals surface area contributed by atoms with E-state index in [1.165, 1.54) is 6.07 Å². The Kier molecular flexibility index (Phi) is 6.05. The number of aromatic nitrogens is 1. The smallest absolute Gasteiger partial charge is 0.407 e. The summed E-state index contributed by atoms with van der Waals surface area (Å²) in [6, 6.07) is 17.2. The molecule has 0 aliphatic heterocycles. The Morgan fingerprint density at radius 2 is 1.71 bits per heavy atom. The molecule has 9 heteroatoms. The molecule has 0 radical (unpaired) electrons. The van der Waals surface area contributed by atoms with Gasteiger partial charge in [-0.25, -0.2) is 9.59 Å². The van der Waals surface area contributed by atoms with E-state index < -0.39 is 18.0 Å². The second kappa shape index (κ2) is 9.46. The van der Waals surface area contributed by atoms with Crippen LogP contribution in [-0.4, -0.2) is 40.9 Å². The maximum atomic E-state index is 12.5. The van der Waals surface area contributed by atoms with Gasteiger partial charge in [-0.05, 0) is 28.7 Å². The van der Waals surface area contributed by atoms with E-state index in [2.05, 4.69) is 40.1 Å². The van der Waals surface area contributed by atoms with Gasteiger partial charge in [0.2, 0.25) is 5.91 Å². The fourth-order valence-electron chi connectivity index (χ4n) is 4.59. The number of aromatic carboxylic acids is 1. The first kappa shape index (κ1) is 22.4. The fraction of sp³-hybridized carbons (Fsp3) is 0.231. The fourth-order valence-corrected chi connectivity index (χ4v) is 4.59.